The summed E-state index contributed by atoms with van der Waals surface area (Å²) in [6, 6.07) is 66.4. The second-order valence-electron chi connectivity index (χ2n) is 13.5. The zero-order chi connectivity index (χ0) is 33.5. The van der Waals surface area contributed by atoms with Gasteiger partial charge in [0.05, 0.1) is 16.7 Å². The minimum atomic E-state index is 0.936. The van der Waals surface area contributed by atoms with E-state index in [0.29, 0.717) is 0 Å². The molecule has 0 saturated heterocycles. The molecule has 10 aromatic carbocycles. The van der Waals surface area contributed by atoms with Crippen LogP contribution < -0.4 is 0 Å². The average molecular weight is 647 g/mol. The lowest BCUT2D eigenvalue weighted by Gasteiger charge is -2.22. The molecule has 236 valence electrons. The number of benzene rings is 10. The molecule has 0 amide bonds. The number of hydrogen-bond donors (Lipinski definition) is 0. The summed E-state index contributed by atoms with van der Waals surface area (Å²) in [6.45, 7) is 0. The lowest BCUT2D eigenvalue weighted by molar-refractivity contribution is 1.13. The van der Waals surface area contributed by atoms with E-state index in [0.717, 1.165) is 28.1 Å². The van der Waals surface area contributed by atoms with Gasteiger partial charge in [-0.2, -0.15) is 0 Å². The first-order valence-electron chi connectivity index (χ1n) is 17.6. The van der Waals surface area contributed by atoms with Crippen LogP contribution in [0.5, 0.6) is 0 Å². The molecule has 0 N–H and O–H groups in total. The van der Waals surface area contributed by atoms with Crippen LogP contribution in [0.25, 0.3) is 104 Å². The van der Waals surface area contributed by atoms with Crippen molar-refractivity contribution in [1.82, 2.24) is 9.55 Å². The van der Waals surface area contributed by atoms with Crippen LogP contribution in [0.4, 0.5) is 0 Å². The third kappa shape index (κ3) is 4.14. The summed E-state index contributed by atoms with van der Waals surface area (Å²) in [7, 11) is 0. The van der Waals surface area contributed by atoms with Gasteiger partial charge in [0.25, 0.3) is 0 Å². The van der Waals surface area contributed by atoms with Crippen LogP contribution in [0.2, 0.25) is 0 Å². The van der Waals surface area contributed by atoms with Crippen LogP contribution in [0.3, 0.4) is 0 Å². The topological polar surface area (TPSA) is 17.8 Å². The number of aromatic nitrogens is 2. The Labute approximate surface area is 294 Å². The molecule has 0 saturated carbocycles. The van der Waals surface area contributed by atoms with Gasteiger partial charge < -0.3 is 0 Å². The van der Waals surface area contributed by atoms with Crippen LogP contribution in [0, 0.1) is 0 Å². The van der Waals surface area contributed by atoms with E-state index >= 15 is 0 Å². The van der Waals surface area contributed by atoms with Crippen molar-refractivity contribution in [2.24, 2.45) is 0 Å². The standard InChI is InChI=1S/C49H30N2/c1-2-15-35(16-3-1)49-50-43-20-10-11-21-44(43)51(49)48-41-29-27-32-13-5-8-18-38(32)46(41)45(40-28-26-33-14-6-9-19-39(33)47(40)48)36-25-24-34-23-22-31-12-4-7-17-37(31)42(34)30-36/h1-30H. The van der Waals surface area contributed by atoms with Crippen LogP contribution in [-0.4, -0.2) is 9.55 Å². The molecule has 11 aromatic rings. The van der Waals surface area contributed by atoms with E-state index in [2.05, 4.69) is 187 Å². The third-order valence-electron chi connectivity index (χ3n) is 10.7. The quantitative estimate of drug-likeness (QED) is 0.138. The molecule has 0 radical (unpaired) electrons. The van der Waals surface area contributed by atoms with Crippen molar-refractivity contribution in [1.29, 1.82) is 0 Å². The summed E-state index contributed by atoms with van der Waals surface area (Å²) < 4.78 is 2.42. The Bertz CT molecular complexity index is 3190. The van der Waals surface area contributed by atoms with Gasteiger partial charge in [0, 0.05) is 21.7 Å². The zero-order valence-electron chi connectivity index (χ0n) is 27.7. The summed E-state index contributed by atoms with van der Waals surface area (Å²) in [4.78, 5) is 5.32. The molecule has 0 atom stereocenters. The molecular weight excluding hydrogens is 617 g/mol. The van der Waals surface area contributed by atoms with Gasteiger partial charge in [0.15, 0.2) is 0 Å². The molecule has 0 fully saturated rings. The third-order valence-corrected chi connectivity index (χ3v) is 10.7. The molecular formula is C49H30N2. The summed E-state index contributed by atoms with van der Waals surface area (Å²) in [5.41, 5.74) is 6.78. The fraction of sp³-hybridized carbons (Fsp3) is 0. The predicted octanol–water partition coefficient (Wildman–Crippen LogP) is 13.3. The van der Waals surface area contributed by atoms with Gasteiger partial charge in [0.2, 0.25) is 0 Å². The number of nitrogens with zero attached hydrogens (tertiary/aromatic N) is 2. The van der Waals surface area contributed by atoms with Crippen molar-refractivity contribution in [3.8, 4) is 28.2 Å². The number of rotatable bonds is 3. The Hall–Kier alpha value is -6.77. The molecule has 0 aliphatic rings. The van der Waals surface area contributed by atoms with Crippen molar-refractivity contribution in [3.63, 3.8) is 0 Å². The maximum atomic E-state index is 5.32. The van der Waals surface area contributed by atoms with Crippen molar-refractivity contribution in [3.05, 3.63) is 182 Å². The smallest absolute Gasteiger partial charge is 0.145 e. The van der Waals surface area contributed by atoms with Crippen molar-refractivity contribution in [2.45, 2.75) is 0 Å². The highest BCUT2D eigenvalue weighted by molar-refractivity contribution is 6.30. The van der Waals surface area contributed by atoms with Gasteiger partial charge >= 0.3 is 0 Å². The zero-order valence-corrected chi connectivity index (χ0v) is 27.7. The Kier molecular flexibility index (Phi) is 5.99. The summed E-state index contributed by atoms with van der Waals surface area (Å²) in [5, 5.41) is 14.9. The molecule has 51 heavy (non-hydrogen) atoms. The highest BCUT2D eigenvalue weighted by Crippen LogP contribution is 2.48. The SMILES string of the molecule is c1ccc(-c2nc3ccccc3n2-c2c3ccc4ccccc4c3c(-c3ccc4ccc5ccccc5c4c3)c3ccc4ccccc4c23)cc1. The lowest BCUT2D eigenvalue weighted by Crippen LogP contribution is -2.02. The predicted molar refractivity (Wildman–Crippen MR) is 217 cm³/mol. The molecule has 1 aromatic heterocycles. The number of imidazole rings is 1. The molecule has 1 heterocycles. The Morgan fingerprint density at radius 3 is 1.67 bits per heavy atom. The van der Waals surface area contributed by atoms with Crippen molar-refractivity contribution < 1.29 is 0 Å². The van der Waals surface area contributed by atoms with E-state index < -0.39 is 0 Å². The molecule has 0 aliphatic carbocycles. The van der Waals surface area contributed by atoms with Gasteiger partial charge in [-0.25, -0.2) is 4.98 Å². The van der Waals surface area contributed by atoms with E-state index in [1.165, 1.54) is 75.8 Å². The van der Waals surface area contributed by atoms with Gasteiger partial charge in [0.1, 0.15) is 5.82 Å². The minimum absolute atomic E-state index is 0.936. The maximum absolute atomic E-state index is 5.32. The lowest BCUT2D eigenvalue weighted by atomic mass is 9.85. The Morgan fingerprint density at radius 2 is 0.902 bits per heavy atom. The van der Waals surface area contributed by atoms with Crippen molar-refractivity contribution in [2.75, 3.05) is 0 Å². The number of hydrogen-bond acceptors (Lipinski definition) is 1. The highest BCUT2D eigenvalue weighted by Gasteiger charge is 2.24. The van der Waals surface area contributed by atoms with Crippen molar-refractivity contribution >= 4 is 75.7 Å². The van der Waals surface area contributed by atoms with Crippen LogP contribution in [0.1, 0.15) is 0 Å². The van der Waals surface area contributed by atoms with Gasteiger partial charge in [-0.05, 0) is 77.8 Å². The van der Waals surface area contributed by atoms with Gasteiger partial charge in [-0.1, -0.05) is 164 Å². The Morgan fingerprint density at radius 1 is 0.353 bits per heavy atom. The molecule has 2 nitrogen and oxygen atoms in total. The Balaban J connectivity index is 1.40. The molecule has 0 bridgehead atoms. The normalized spacial score (nSPS) is 11.9. The summed E-state index contributed by atoms with van der Waals surface area (Å²) in [5.74, 6) is 0.936. The molecule has 2 heteroatoms. The van der Waals surface area contributed by atoms with E-state index in [1.807, 2.05) is 0 Å². The number of para-hydroxylation sites is 2. The van der Waals surface area contributed by atoms with Crippen LogP contribution in [0.15, 0.2) is 182 Å². The minimum Gasteiger partial charge on any atom is -0.291 e. The fourth-order valence-electron chi connectivity index (χ4n) is 8.47. The molecule has 11 rings (SSSR count). The van der Waals surface area contributed by atoms with E-state index in [4.69, 9.17) is 4.98 Å². The fourth-order valence-corrected chi connectivity index (χ4v) is 8.47. The first-order chi connectivity index (χ1) is 25.3. The summed E-state index contributed by atoms with van der Waals surface area (Å²) >= 11 is 0. The second kappa shape index (κ2) is 10.9. The maximum Gasteiger partial charge on any atom is 0.145 e. The second-order valence-corrected chi connectivity index (χ2v) is 13.5. The first-order valence-corrected chi connectivity index (χ1v) is 17.6. The average Bonchev–Trinajstić information content (AvgIpc) is 3.59. The van der Waals surface area contributed by atoms with Gasteiger partial charge in [-0.15, -0.1) is 0 Å². The number of fused-ring (bicyclic) bond motifs is 10. The van der Waals surface area contributed by atoms with E-state index in [1.54, 1.807) is 0 Å². The highest BCUT2D eigenvalue weighted by atomic mass is 15.1. The molecule has 0 aliphatic heterocycles. The summed E-state index contributed by atoms with van der Waals surface area (Å²) in [6.07, 6.45) is 0. The van der Waals surface area contributed by atoms with E-state index in [9.17, 15) is 0 Å². The van der Waals surface area contributed by atoms with Gasteiger partial charge in [-0.3, -0.25) is 4.57 Å². The molecule has 0 unspecified atom stereocenters. The first kappa shape index (κ1) is 28.1. The largest absolute Gasteiger partial charge is 0.291 e. The van der Waals surface area contributed by atoms with Crippen LogP contribution in [-0.2, 0) is 0 Å². The van der Waals surface area contributed by atoms with E-state index in [-0.39, 0.29) is 0 Å². The van der Waals surface area contributed by atoms with Crippen LogP contribution >= 0.6 is 0 Å². The molecule has 0 spiro atoms. The monoisotopic (exact) mass is 646 g/mol.